The van der Waals surface area contributed by atoms with Crippen molar-refractivity contribution in [2.75, 3.05) is 119 Å². The summed E-state index contributed by atoms with van der Waals surface area (Å²) < 4.78 is 70.8. The SMILES string of the molecule is CN(C)c1cnc2ccc(-c3cccnc3-c3cccc(C4CC4)c3)cn12.Cc1cc(-c2ncccc2-c2ccc3ncc(N(C)C)n3c2)ccc1F.Cc1cccc(-c2ncccc2-c2ccc3ncc(N(C)C)n3c2)c1.FC(F)(F)c1cccc(-c2ncccc2-c2ccc3nccc(N4CCOCC4)c3c2)c1.c1cc(-c2ncccc2-c2ccc3nccc(N4CCOCC4)c3c2)cc(C2CC2)c1. The number of alkyl halides is 3. The van der Waals surface area contributed by atoms with Crippen LogP contribution in [-0.4, -0.2) is 158 Å². The first kappa shape index (κ1) is 92.5. The predicted octanol–water partition coefficient (Wildman–Crippen LogP) is 25.5. The summed E-state index contributed by atoms with van der Waals surface area (Å²) >= 11 is 0. The number of aromatic nitrogens is 13. The van der Waals surface area contributed by atoms with E-state index in [4.69, 9.17) is 19.4 Å². The molecule has 2 saturated heterocycles. The van der Waals surface area contributed by atoms with Gasteiger partial charge in [0.25, 0.3) is 0 Å². The maximum atomic E-state index is 13.7. The number of pyridine rings is 10. The van der Waals surface area contributed by atoms with Gasteiger partial charge in [-0.1, -0.05) is 115 Å². The van der Waals surface area contributed by atoms with Crippen LogP contribution in [0.4, 0.5) is 46.4 Å². The Labute approximate surface area is 816 Å². The molecule has 7 aromatic carbocycles. The second-order valence-electron chi connectivity index (χ2n) is 36.5. The molecule has 2 aliphatic heterocycles. The molecule has 0 spiro atoms. The maximum absolute atomic E-state index is 13.7. The molecule has 704 valence electrons. The zero-order valence-corrected chi connectivity index (χ0v) is 79.8. The van der Waals surface area contributed by atoms with Crippen LogP contribution < -0.4 is 24.5 Å². The zero-order chi connectivity index (χ0) is 96.8. The normalized spacial score (nSPS) is 13.6. The lowest BCUT2D eigenvalue weighted by Crippen LogP contribution is -2.36. The molecule has 4 fully saturated rings. The minimum atomic E-state index is -4.41. The number of anilines is 5. The Kier molecular flexibility index (Phi) is 26.8. The molecule has 20 nitrogen and oxygen atoms in total. The summed E-state index contributed by atoms with van der Waals surface area (Å²) in [5.41, 5.74) is 30.8. The Morgan fingerprint density at radius 1 is 0.312 bits per heavy atom. The molecule has 0 N–H and O–H groups in total. The fourth-order valence-electron chi connectivity index (χ4n) is 18.6. The van der Waals surface area contributed by atoms with Crippen LogP contribution in [0.15, 0.2) is 341 Å². The number of nitrogens with zero attached hydrogens (tertiary/aromatic N) is 18. The van der Waals surface area contributed by atoms with Crippen molar-refractivity contribution >= 4 is 67.6 Å². The molecule has 0 atom stereocenters. The third-order valence-electron chi connectivity index (χ3n) is 26.2. The zero-order valence-electron chi connectivity index (χ0n) is 79.8. The number of benzene rings is 7. The van der Waals surface area contributed by atoms with Gasteiger partial charge in [0.2, 0.25) is 0 Å². The molecule has 13 aromatic heterocycles. The van der Waals surface area contributed by atoms with E-state index in [1.807, 2.05) is 169 Å². The summed E-state index contributed by atoms with van der Waals surface area (Å²) in [6.45, 7) is 10.2. The van der Waals surface area contributed by atoms with E-state index < -0.39 is 11.7 Å². The molecule has 24 heteroatoms. The lowest BCUT2D eigenvalue weighted by molar-refractivity contribution is -0.137. The fourth-order valence-corrected chi connectivity index (χ4v) is 18.6. The second kappa shape index (κ2) is 40.9. The van der Waals surface area contributed by atoms with Crippen molar-refractivity contribution in [1.82, 2.24) is 63.0 Å². The minimum Gasteiger partial charge on any atom is -0.378 e. The van der Waals surface area contributed by atoms with Gasteiger partial charge in [-0.2, -0.15) is 13.2 Å². The predicted molar refractivity (Wildman–Crippen MR) is 560 cm³/mol. The third-order valence-corrected chi connectivity index (χ3v) is 26.2. The summed E-state index contributed by atoms with van der Waals surface area (Å²) in [7, 11) is 12.1. The van der Waals surface area contributed by atoms with Gasteiger partial charge in [-0.3, -0.25) is 48.1 Å². The highest BCUT2D eigenvalue weighted by Gasteiger charge is 2.32. The highest BCUT2D eigenvalue weighted by molar-refractivity contribution is 5.98. The van der Waals surface area contributed by atoms with Gasteiger partial charge < -0.3 is 34.0 Å². The molecule has 2 aliphatic carbocycles. The Bertz CT molecular complexity index is 7930. The largest absolute Gasteiger partial charge is 0.416 e. The van der Waals surface area contributed by atoms with Crippen LogP contribution in [0.3, 0.4) is 0 Å². The maximum Gasteiger partial charge on any atom is 0.416 e. The van der Waals surface area contributed by atoms with E-state index >= 15 is 0 Å². The van der Waals surface area contributed by atoms with Gasteiger partial charge in [-0.15, -0.1) is 0 Å². The van der Waals surface area contributed by atoms with E-state index in [1.54, 1.807) is 43.7 Å². The molecule has 2 saturated carbocycles. The number of aryl methyl sites for hydroxylation is 2. The van der Waals surface area contributed by atoms with E-state index in [0.29, 0.717) is 30.0 Å². The molecule has 24 rings (SSSR count). The summed E-state index contributed by atoms with van der Waals surface area (Å²) in [5.74, 6) is 4.38. The molecule has 20 aromatic rings. The molecule has 15 heterocycles. The molecule has 141 heavy (non-hydrogen) atoms. The van der Waals surface area contributed by atoms with E-state index in [-0.39, 0.29) is 5.82 Å². The molecule has 0 bridgehead atoms. The van der Waals surface area contributed by atoms with Crippen LogP contribution in [0.2, 0.25) is 0 Å². The Hall–Kier alpha value is -16.2. The van der Waals surface area contributed by atoms with E-state index in [9.17, 15) is 17.6 Å². The lowest BCUT2D eigenvalue weighted by Gasteiger charge is -2.29. The highest BCUT2D eigenvalue weighted by Crippen LogP contribution is 2.46. The quantitative estimate of drug-likeness (QED) is 0.0786. The smallest absolute Gasteiger partial charge is 0.378 e. The monoisotopic (exact) mass is 1870 g/mol. The molecule has 0 radical (unpaired) electrons. The van der Waals surface area contributed by atoms with Crippen molar-refractivity contribution in [2.45, 2.75) is 57.5 Å². The average Bonchev–Trinajstić information content (AvgIpc) is 1.71. The van der Waals surface area contributed by atoms with Crippen LogP contribution in [0.1, 0.15) is 65.3 Å². The lowest BCUT2D eigenvalue weighted by atomic mass is 9.96. The molecule has 4 aliphatic rings. The van der Waals surface area contributed by atoms with Crippen molar-refractivity contribution in [3.05, 3.63) is 375 Å². The summed E-state index contributed by atoms with van der Waals surface area (Å²) in [6, 6.07) is 85.8. The number of hydrogen-bond donors (Lipinski definition) is 0. The van der Waals surface area contributed by atoms with Crippen LogP contribution in [0, 0.1) is 19.7 Å². The minimum absolute atomic E-state index is 0.207. The first-order chi connectivity index (χ1) is 68.7. The fraction of sp³-hybridized carbons (Fsp3) is 0.197. The van der Waals surface area contributed by atoms with Crippen LogP contribution in [0.25, 0.3) is 151 Å². The highest BCUT2D eigenvalue weighted by atomic mass is 19.4. The van der Waals surface area contributed by atoms with Crippen molar-refractivity contribution in [3.63, 3.8) is 0 Å². The van der Waals surface area contributed by atoms with Crippen LogP contribution in [0.5, 0.6) is 0 Å². The number of morpholine rings is 2. The number of hydrogen-bond acceptors (Lipinski definition) is 17. The van der Waals surface area contributed by atoms with Crippen molar-refractivity contribution in [1.29, 1.82) is 0 Å². The number of rotatable bonds is 17. The topological polar surface area (TPSA) is 177 Å². The van der Waals surface area contributed by atoms with Gasteiger partial charge in [0.1, 0.15) is 40.2 Å². The van der Waals surface area contributed by atoms with Gasteiger partial charge >= 0.3 is 6.18 Å². The number of ether oxygens (including phenoxy) is 2. The van der Waals surface area contributed by atoms with Gasteiger partial charge in [0.05, 0.1) is 90.1 Å². The third kappa shape index (κ3) is 20.4. The van der Waals surface area contributed by atoms with Gasteiger partial charge in [0.15, 0.2) is 0 Å². The van der Waals surface area contributed by atoms with E-state index in [1.165, 1.54) is 82.3 Å². The van der Waals surface area contributed by atoms with Gasteiger partial charge in [-0.05, 0) is 231 Å². The summed E-state index contributed by atoms with van der Waals surface area (Å²) in [5, 5.41) is 2.18. The Morgan fingerprint density at radius 2 is 0.652 bits per heavy atom. The van der Waals surface area contributed by atoms with Crippen molar-refractivity contribution in [3.8, 4) is 112 Å². The first-order valence-corrected chi connectivity index (χ1v) is 47.6. The number of imidazole rings is 3. The summed E-state index contributed by atoms with van der Waals surface area (Å²) in [6.07, 6.45) is 25.5. The Morgan fingerprint density at radius 3 is 1.01 bits per heavy atom. The van der Waals surface area contributed by atoms with Gasteiger partial charge in [0, 0.05) is 225 Å². The molecule has 0 unspecified atom stereocenters. The van der Waals surface area contributed by atoms with Crippen LogP contribution in [-0.2, 0) is 15.7 Å². The molecule has 0 amide bonds. The number of halogens is 4. The van der Waals surface area contributed by atoms with Crippen LogP contribution >= 0.6 is 0 Å². The second-order valence-corrected chi connectivity index (χ2v) is 36.5. The van der Waals surface area contributed by atoms with E-state index in [0.717, 1.165) is 204 Å². The first-order valence-electron chi connectivity index (χ1n) is 47.6. The number of fused-ring (bicyclic) bond motifs is 5. The Balaban J connectivity index is 0.000000108. The molecular formula is C117H106F4N18O2. The summed E-state index contributed by atoms with van der Waals surface area (Å²) in [4.78, 5) is 56.5. The van der Waals surface area contributed by atoms with E-state index in [2.05, 4.69) is 238 Å². The van der Waals surface area contributed by atoms with Crippen molar-refractivity contribution in [2.24, 2.45) is 0 Å². The van der Waals surface area contributed by atoms with Gasteiger partial charge in [-0.25, -0.2) is 19.3 Å². The average molecular weight is 1870 g/mol. The van der Waals surface area contributed by atoms with Crippen molar-refractivity contribution < 1.29 is 27.0 Å². The standard InChI is InChI=1S/C27H25N3O.C25H20F3N3O.C23H22N4.C21H19FN4.C21H20N4/c1-3-20(19-6-7-19)17-22(4-1)27-23(5-2-11-29-27)21-8-9-25-24(18-21)26(10-12-28-25)30-13-15-31-16-14-30;26-25(27,28)19-4-1-3-18(15-19)24-20(5-2-9-30-24)17-6-7-22-21(16-17)23(8-10-29-22)31-11-13-32-14-12-31;1-26(2)22-14-25-21-11-10-19(15-27(21)22)20-7-4-12-24-23(20)18-6-3-5-17(13-18)16-8-9-16;1-14-11-15(6-8-18(14)22)21-17(5-4-10-23-21)16-7-9-19-24-12-20(25(2)3)26(19)13-16;1-15-6-4-7-16(12-15)21-18(8-5-11-22-21)17-9-10-19-23-13-20(24(2)3)25(19)14-17/h1-5,8-12,17-19H,6-7,13-16H2;1-10,15-16H,11-14H2;3-7,10-16H,8-9H2,1-2H3;4-13H,1-3H3;4-14H,1-3H3. The molecular weight excluding hydrogens is 1770 g/mol.